The van der Waals surface area contributed by atoms with E-state index in [9.17, 15) is 9.59 Å². The molecule has 2 aromatic heterocycles. The highest BCUT2D eigenvalue weighted by Crippen LogP contribution is 2.38. The highest BCUT2D eigenvalue weighted by Gasteiger charge is 2.42. The van der Waals surface area contributed by atoms with Crippen LogP contribution >= 0.6 is 11.3 Å². The van der Waals surface area contributed by atoms with Gasteiger partial charge < -0.3 is 14.8 Å². The molecule has 8 nitrogen and oxygen atoms in total. The van der Waals surface area contributed by atoms with Crippen LogP contribution in [0.4, 0.5) is 9.52 Å². The molecular weight excluding hydrogens is 539 g/mol. The van der Waals surface area contributed by atoms with Crippen molar-refractivity contribution in [3.8, 4) is 11.1 Å². The molecule has 10 heteroatoms. The van der Waals surface area contributed by atoms with Crippen molar-refractivity contribution in [2.24, 2.45) is 5.92 Å². The first kappa shape index (κ1) is 26.0. The van der Waals surface area contributed by atoms with Gasteiger partial charge in [-0.15, -0.1) is 11.3 Å². The normalized spacial score (nSPS) is 17.5. The van der Waals surface area contributed by atoms with Gasteiger partial charge in [0.1, 0.15) is 5.82 Å². The number of halogens is 1. The number of hydrogen-bond acceptors (Lipinski definition) is 6. The van der Waals surface area contributed by atoms with Crippen LogP contribution in [0.3, 0.4) is 0 Å². The number of aromatic nitrogens is 3. The SMILES string of the molecule is O=C(Nc1nccs1)C(c1ncn2c1CCC2)N1Cc2c(F)cc(-c3ccc(CC4CCNCC4)cc3)cc2C1=O. The van der Waals surface area contributed by atoms with E-state index in [1.54, 1.807) is 24.0 Å². The van der Waals surface area contributed by atoms with E-state index in [0.717, 1.165) is 50.2 Å². The quantitative estimate of drug-likeness (QED) is 0.327. The lowest BCUT2D eigenvalue weighted by atomic mass is 9.90. The summed E-state index contributed by atoms with van der Waals surface area (Å²) in [5.74, 6) is -0.538. The highest BCUT2D eigenvalue weighted by atomic mass is 32.1. The van der Waals surface area contributed by atoms with E-state index >= 15 is 4.39 Å². The van der Waals surface area contributed by atoms with Crippen molar-refractivity contribution in [1.29, 1.82) is 0 Å². The lowest BCUT2D eigenvalue weighted by molar-refractivity contribution is -0.121. The van der Waals surface area contributed by atoms with Gasteiger partial charge in [-0.3, -0.25) is 14.9 Å². The predicted octanol–water partition coefficient (Wildman–Crippen LogP) is 4.97. The highest BCUT2D eigenvalue weighted by molar-refractivity contribution is 7.13. The fourth-order valence-corrected chi connectivity index (χ4v) is 6.95. The largest absolute Gasteiger partial charge is 0.334 e. The molecule has 0 saturated carbocycles. The zero-order chi connectivity index (χ0) is 27.9. The minimum Gasteiger partial charge on any atom is -0.334 e. The molecule has 1 unspecified atom stereocenters. The number of nitrogens with one attached hydrogen (secondary N) is 2. The molecule has 210 valence electrons. The van der Waals surface area contributed by atoms with Gasteiger partial charge in [0.05, 0.1) is 18.6 Å². The Bertz CT molecular complexity index is 1590. The predicted molar refractivity (Wildman–Crippen MR) is 155 cm³/mol. The van der Waals surface area contributed by atoms with Crippen molar-refractivity contribution in [1.82, 2.24) is 24.8 Å². The first-order valence-electron chi connectivity index (χ1n) is 14.2. The number of fused-ring (bicyclic) bond motifs is 2. The van der Waals surface area contributed by atoms with Gasteiger partial charge in [0.2, 0.25) is 0 Å². The van der Waals surface area contributed by atoms with Crippen molar-refractivity contribution in [3.05, 3.63) is 88.2 Å². The molecule has 1 atom stereocenters. The molecule has 5 heterocycles. The molecule has 0 spiro atoms. The van der Waals surface area contributed by atoms with Gasteiger partial charge in [-0.25, -0.2) is 14.4 Å². The minimum absolute atomic E-state index is 0.00226. The average Bonchev–Trinajstić information content (AvgIpc) is 3.78. The van der Waals surface area contributed by atoms with E-state index in [0.29, 0.717) is 33.4 Å². The van der Waals surface area contributed by atoms with Crippen molar-refractivity contribution < 1.29 is 14.0 Å². The maximum atomic E-state index is 15.6. The summed E-state index contributed by atoms with van der Waals surface area (Å²) in [6.45, 7) is 2.96. The van der Waals surface area contributed by atoms with E-state index in [4.69, 9.17) is 0 Å². The number of piperidine rings is 1. The third-order valence-corrected chi connectivity index (χ3v) is 9.25. The monoisotopic (exact) mass is 570 g/mol. The second-order valence-corrected chi connectivity index (χ2v) is 12.0. The fourth-order valence-electron chi connectivity index (χ4n) is 6.42. The summed E-state index contributed by atoms with van der Waals surface area (Å²) in [6, 6.07) is 10.5. The summed E-state index contributed by atoms with van der Waals surface area (Å²) in [5.41, 5.74) is 4.87. The lowest BCUT2D eigenvalue weighted by Gasteiger charge is -2.26. The fraction of sp³-hybridized carbons (Fsp3) is 0.355. The number of rotatable bonds is 7. The Morgan fingerprint density at radius 3 is 2.76 bits per heavy atom. The van der Waals surface area contributed by atoms with Gasteiger partial charge in [0.15, 0.2) is 11.2 Å². The van der Waals surface area contributed by atoms with Crippen LogP contribution in [0.2, 0.25) is 0 Å². The topological polar surface area (TPSA) is 92.2 Å². The summed E-state index contributed by atoms with van der Waals surface area (Å²) < 4.78 is 17.6. The number of amides is 2. The molecule has 3 aliphatic rings. The Morgan fingerprint density at radius 2 is 1.98 bits per heavy atom. The molecule has 1 saturated heterocycles. The molecule has 1 fully saturated rings. The second-order valence-electron chi connectivity index (χ2n) is 11.1. The molecule has 0 bridgehead atoms. The van der Waals surface area contributed by atoms with Crippen LogP contribution in [0.1, 0.15) is 58.2 Å². The summed E-state index contributed by atoms with van der Waals surface area (Å²) in [4.78, 5) is 37.7. The van der Waals surface area contributed by atoms with Crippen LogP contribution in [0.15, 0.2) is 54.3 Å². The molecular formula is C31H31FN6O2S. The number of thiazole rings is 1. The summed E-state index contributed by atoms with van der Waals surface area (Å²) in [7, 11) is 0. The Hall–Kier alpha value is -3.89. The van der Waals surface area contributed by atoms with Crippen LogP contribution in [-0.4, -0.2) is 44.3 Å². The molecule has 2 amide bonds. The number of carbonyl (C=O) groups excluding carboxylic acids is 2. The Labute approximate surface area is 241 Å². The van der Waals surface area contributed by atoms with Gasteiger partial charge in [0.25, 0.3) is 11.8 Å². The smallest absolute Gasteiger partial charge is 0.255 e. The maximum absolute atomic E-state index is 15.6. The molecule has 4 aromatic rings. The number of aryl methyl sites for hydroxylation is 1. The number of anilines is 1. The third kappa shape index (κ3) is 4.95. The molecule has 7 rings (SSSR count). The van der Waals surface area contributed by atoms with Gasteiger partial charge in [-0.1, -0.05) is 24.3 Å². The van der Waals surface area contributed by atoms with Crippen LogP contribution in [-0.2, 0) is 30.7 Å². The van der Waals surface area contributed by atoms with E-state index in [2.05, 4.69) is 32.7 Å². The third-order valence-electron chi connectivity index (χ3n) is 8.56. The van der Waals surface area contributed by atoms with Gasteiger partial charge in [0, 0.05) is 34.9 Å². The standard InChI is InChI=1S/C31H31FN6O2S/c32-25-16-22(21-5-3-19(4-6-21)14-20-7-9-33-10-8-20)15-23-24(25)17-38(30(23)40)28(29(39)36-31-34-11-13-41-31)27-26-2-1-12-37(26)18-35-27/h3-6,11,13,15-16,18,20,28,33H,1-2,7-10,12,14,17H2,(H,34,36,39). The summed E-state index contributed by atoms with van der Waals surface area (Å²) in [6.07, 6.45) is 8.46. The molecule has 2 aromatic carbocycles. The van der Waals surface area contributed by atoms with E-state index in [1.165, 1.54) is 40.7 Å². The van der Waals surface area contributed by atoms with E-state index in [-0.39, 0.29) is 12.5 Å². The van der Waals surface area contributed by atoms with Gasteiger partial charge in [-0.05, 0) is 79.9 Å². The lowest BCUT2D eigenvalue weighted by Crippen LogP contribution is -2.38. The Balaban J connectivity index is 1.17. The molecule has 0 radical (unpaired) electrons. The van der Waals surface area contributed by atoms with Gasteiger partial charge in [-0.2, -0.15) is 0 Å². The van der Waals surface area contributed by atoms with Crippen molar-refractivity contribution >= 4 is 28.3 Å². The zero-order valence-corrected chi connectivity index (χ0v) is 23.4. The number of hydrogen-bond donors (Lipinski definition) is 2. The molecule has 41 heavy (non-hydrogen) atoms. The van der Waals surface area contributed by atoms with E-state index < -0.39 is 17.8 Å². The molecule has 0 aliphatic carbocycles. The maximum Gasteiger partial charge on any atom is 0.255 e. The van der Waals surface area contributed by atoms with Crippen LogP contribution < -0.4 is 10.6 Å². The van der Waals surface area contributed by atoms with Crippen molar-refractivity contribution in [2.45, 2.75) is 51.2 Å². The average molecular weight is 571 g/mol. The number of imidazole rings is 1. The summed E-state index contributed by atoms with van der Waals surface area (Å²) >= 11 is 1.30. The first-order chi connectivity index (χ1) is 20.0. The summed E-state index contributed by atoms with van der Waals surface area (Å²) in [5, 5.41) is 8.46. The Morgan fingerprint density at radius 1 is 1.15 bits per heavy atom. The van der Waals surface area contributed by atoms with Gasteiger partial charge >= 0.3 is 0 Å². The van der Waals surface area contributed by atoms with Crippen molar-refractivity contribution in [3.63, 3.8) is 0 Å². The number of nitrogens with zero attached hydrogens (tertiary/aromatic N) is 4. The molecule has 2 N–H and O–H groups in total. The molecule has 3 aliphatic heterocycles. The van der Waals surface area contributed by atoms with Crippen molar-refractivity contribution in [2.75, 3.05) is 18.4 Å². The minimum atomic E-state index is -0.995. The van der Waals surface area contributed by atoms with E-state index in [1.807, 2.05) is 16.7 Å². The second kappa shape index (κ2) is 10.8. The number of carbonyl (C=O) groups is 2. The number of benzene rings is 2. The Kier molecular flexibility index (Phi) is 6.88. The zero-order valence-electron chi connectivity index (χ0n) is 22.6. The first-order valence-corrected chi connectivity index (χ1v) is 15.1. The van der Waals surface area contributed by atoms with Crippen LogP contribution in [0.5, 0.6) is 0 Å². The van der Waals surface area contributed by atoms with Crippen LogP contribution in [0.25, 0.3) is 11.1 Å². The van der Waals surface area contributed by atoms with Crippen LogP contribution in [0, 0.1) is 11.7 Å².